The van der Waals surface area contributed by atoms with Crippen LogP contribution in [0.5, 0.6) is 0 Å². The van der Waals surface area contributed by atoms with Gasteiger partial charge in [0.15, 0.2) is 0 Å². The summed E-state index contributed by atoms with van der Waals surface area (Å²) in [5, 5.41) is 8.06. The zero-order valence-corrected chi connectivity index (χ0v) is 15.4. The van der Waals surface area contributed by atoms with Crippen LogP contribution in [0.2, 0.25) is 0 Å². The molecule has 0 heterocycles. The van der Waals surface area contributed by atoms with Crippen LogP contribution in [0.1, 0.15) is 43.1 Å². The Morgan fingerprint density at radius 2 is 1.88 bits per heavy atom. The molecule has 138 valence electrons. The molecule has 0 radical (unpaired) electrons. The van der Waals surface area contributed by atoms with Gasteiger partial charge < -0.3 is 20.7 Å². The van der Waals surface area contributed by atoms with Gasteiger partial charge in [0, 0.05) is 17.8 Å². The van der Waals surface area contributed by atoms with Crippen molar-refractivity contribution in [2.75, 3.05) is 19.0 Å². The fourth-order valence-electron chi connectivity index (χ4n) is 2.28. The number of carbonyl (C=O) groups is 3. The lowest BCUT2D eigenvalue weighted by Gasteiger charge is -2.20. The molecular weight excluding hydrogens is 322 g/mol. The van der Waals surface area contributed by atoms with Crippen LogP contribution in [0.25, 0.3) is 0 Å². The van der Waals surface area contributed by atoms with Crippen LogP contribution in [0, 0.1) is 12.8 Å². The fraction of sp³-hybridized carbons (Fsp3) is 0.500. The van der Waals surface area contributed by atoms with Crippen molar-refractivity contribution in [1.82, 2.24) is 10.6 Å². The number of aryl methyl sites for hydroxylation is 1. The Kier molecular flexibility index (Phi) is 7.91. The van der Waals surface area contributed by atoms with Crippen LogP contribution in [0.3, 0.4) is 0 Å². The SMILES string of the molecule is CCNC(=O)c1ccc(C)c(NC(=O)[C@@H](CC(C)C)NC(=O)OC)c1. The maximum Gasteiger partial charge on any atom is 0.407 e. The van der Waals surface area contributed by atoms with Crippen molar-refractivity contribution in [3.05, 3.63) is 29.3 Å². The summed E-state index contributed by atoms with van der Waals surface area (Å²) in [7, 11) is 1.25. The van der Waals surface area contributed by atoms with E-state index in [2.05, 4.69) is 20.7 Å². The standard InChI is InChI=1S/C18H27N3O4/c1-6-19-16(22)13-8-7-12(4)14(10-13)20-17(23)15(9-11(2)3)21-18(24)25-5/h7-8,10-11,15H,6,9H2,1-5H3,(H,19,22)(H,20,23)(H,21,24)/t15-/m1/s1. The van der Waals surface area contributed by atoms with Crippen molar-refractivity contribution in [3.8, 4) is 0 Å². The van der Waals surface area contributed by atoms with Gasteiger partial charge in [-0.05, 0) is 43.9 Å². The first-order valence-corrected chi connectivity index (χ1v) is 8.32. The van der Waals surface area contributed by atoms with Crippen molar-refractivity contribution in [2.45, 2.75) is 40.2 Å². The number of nitrogens with one attached hydrogen (secondary N) is 3. The van der Waals surface area contributed by atoms with Crippen LogP contribution in [0.15, 0.2) is 18.2 Å². The molecule has 3 amide bonds. The molecule has 0 fully saturated rings. The quantitative estimate of drug-likeness (QED) is 0.704. The average molecular weight is 349 g/mol. The predicted octanol–water partition coefficient (Wildman–Crippen LogP) is 2.45. The third-order valence-corrected chi connectivity index (χ3v) is 3.60. The molecule has 0 unspecified atom stereocenters. The molecule has 0 saturated carbocycles. The predicted molar refractivity (Wildman–Crippen MR) is 96.6 cm³/mol. The molecule has 0 spiro atoms. The summed E-state index contributed by atoms with van der Waals surface area (Å²) in [5.74, 6) is -0.352. The second-order valence-electron chi connectivity index (χ2n) is 6.20. The van der Waals surface area contributed by atoms with Crippen LogP contribution >= 0.6 is 0 Å². The van der Waals surface area contributed by atoms with E-state index in [0.717, 1.165) is 5.56 Å². The maximum absolute atomic E-state index is 12.6. The van der Waals surface area contributed by atoms with Gasteiger partial charge in [0.05, 0.1) is 7.11 Å². The molecular formula is C18H27N3O4. The molecule has 3 N–H and O–H groups in total. The van der Waals surface area contributed by atoms with E-state index in [4.69, 9.17) is 0 Å². The van der Waals surface area contributed by atoms with Gasteiger partial charge in [0.25, 0.3) is 5.91 Å². The summed E-state index contributed by atoms with van der Waals surface area (Å²) < 4.78 is 4.58. The smallest absolute Gasteiger partial charge is 0.407 e. The highest BCUT2D eigenvalue weighted by Crippen LogP contribution is 2.18. The Balaban J connectivity index is 2.96. The van der Waals surface area contributed by atoms with Gasteiger partial charge in [-0.15, -0.1) is 0 Å². The van der Waals surface area contributed by atoms with Crippen molar-refractivity contribution >= 4 is 23.6 Å². The van der Waals surface area contributed by atoms with Gasteiger partial charge in [-0.2, -0.15) is 0 Å². The van der Waals surface area contributed by atoms with E-state index in [1.165, 1.54) is 7.11 Å². The van der Waals surface area contributed by atoms with Crippen molar-refractivity contribution in [3.63, 3.8) is 0 Å². The molecule has 0 aliphatic carbocycles. The topological polar surface area (TPSA) is 96.5 Å². The summed E-state index contributed by atoms with van der Waals surface area (Å²) in [6.45, 7) is 8.11. The van der Waals surface area contributed by atoms with E-state index in [0.29, 0.717) is 24.2 Å². The number of hydrogen-bond acceptors (Lipinski definition) is 4. The highest BCUT2D eigenvalue weighted by atomic mass is 16.5. The van der Waals surface area contributed by atoms with Gasteiger partial charge in [0.1, 0.15) is 6.04 Å². The minimum Gasteiger partial charge on any atom is -0.453 e. The highest BCUT2D eigenvalue weighted by Gasteiger charge is 2.23. The molecule has 7 heteroatoms. The number of carbonyl (C=O) groups excluding carboxylic acids is 3. The maximum atomic E-state index is 12.6. The van der Waals surface area contributed by atoms with Crippen molar-refractivity contribution < 1.29 is 19.1 Å². The third-order valence-electron chi connectivity index (χ3n) is 3.60. The normalized spacial score (nSPS) is 11.6. The Morgan fingerprint density at radius 1 is 1.20 bits per heavy atom. The van der Waals surface area contributed by atoms with Gasteiger partial charge in [0.2, 0.25) is 5.91 Å². The zero-order chi connectivity index (χ0) is 19.0. The Morgan fingerprint density at radius 3 is 2.44 bits per heavy atom. The number of rotatable bonds is 7. The molecule has 1 aromatic carbocycles. The molecule has 1 atom stereocenters. The van der Waals surface area contributed by atoms with Crippen molar-refractivity contribution in [1.29, 1.82) is 0 Å². The number of benzene rings is 1. The molecule has 0 aliphatic heterocycles. The van der Waals surface area contributed by atoms with Crippen LogP contribution in [0.4, 0.5) is 10.5 Å². The number of amides is 3. The van der Waals surface area contributed by atoms with Gasteiger partial charge in [-0.3, -0.25) is 9.59 Å². The van der Waals surface area contributed by atoms with E-state index in [-0.39, 0.29) is 17.7 Å². The average Bonchev–Trinajstić information content (AvgIpc) is 2.55. The number of methoxy groups -OCH3 is 1. The van der Waals surface area contributed by atoms with Crippen LogP contribution in [-0.2, 0) is 9.53 Å². The van der Waals surface area contributed by atoms with E-state index < -0.39 is 12.1 Å². The molecule has 0 saturated heterocycles. The Bertz CT molecular complexity index is 629. The Hall–Kier alpha value is -2.57. The number of anilines is 1. The number of hydrogen-bond donors (Lipinski definition) is 3. The molecule has 1 rings (SSSR count). The second-order valence-corrected chi connectivity index (χ2v) is 6.20. The fourth-order valence-corrected chi connectivity index (χ4v) is 2.28. The molecule has 0 aliphatic rings. The van der Waals surface area contributed by atoms with E-state index >= 15 is 0 Å². The molecule has 25 heavy (non-hydrogen) atoms. The molecule has 0 aromatic heterocycles. The van der Waals surface area contributed by atoms with Gasteiger partial charge in [-0.1, -0.05) is 19.9 Å². The molecule has 7 nitrogen and oxygen atoms in total. The van der Waals surface area contributed by atoms with Crippen LogP contribution in [-0.4, -0.2) is 37.6 Å². The summed E-state index contributed by atoms with van der Waals surface area (Å²) in [4.78, 5) is 36.0. The Labute approximate surface area is 148 Å². The summed E-state index contributed by atoms with van der Waals surface area (Å²) >= 11 is 0. The summed E-state index contributed by atoms with van der Waals surface area (Å²) in [6, 6.07) is 4.38. The minimum absolute atomic E-state index is 0.204. The van der Waals surface area contributed by atoms with E-state index in [1.807, 2.05) is 27.7 Å². The molecule has 0 bridgehead atoms. The minimum atomic E-state index is -0.722. The van der Waals surface area contributed by atoms with Crippen LogP contribution < -0.4 is 16.0 Å². The first kappa shape index (κ1) is 20.5. The number of ether oxygens (including phenoxy) is 1. The first-order valence-electron chi connectivity index (χ1n) is 8.32. The molecule has 1 aromatic rings. The summed E-state index contributed by atoms with van der Waals surface area (Å²) in [5.41, 5.74) is 1.82. The lowest BCUT2D eigenvalue weighted by Crippen LogP contribution is -2.44. The monoisotopic (exact) mass is 349 g/mol. The van der Waals surface area contributed by atoms with E-state index in [1.54, 1.807) is 18.2 Å². The number of alkyl carbamates (subject to hydrolysis) is 1. The zero-order valence-electron chi connectivity index (χ0n) is 15.4. The lowest BCUT2D eigenvalue weighted by atomic mass is 10.0. The lowest BCUT2D eigenvalue weighted by molar-refractivity contribution is -0.118. The third kappa shape index (κ3) is 6.45. The second kappa shape index (κ2) is 9.66. The van der Waals surface area contributed by atoms with Gasteiger partial charge >= 0.3 is 6.09 Å². The van der Waals surface area contributed by atoms with Crippen molar-refractivity contribution in [2.24, 2.45) is 5.92 Å². The first-order chi connectivity index (χ1) is 11.8. The van der Waals surface area contributed by atoms with E-state index in [9.17, 15) is 14.4 Å². The summed E-state index contributed by atoms with van der Waals surface area (Å²) in [6.07, 6.45) is -0.190. The largest absolute Gasteiger partial charge is 0.453 e. The highest BCUT2D eigenvalue weighted by molar-refractivity contribution is 6.00. The van der Waals surface area contributed by atoms with Gasteiger partial charge in [-0.25, -0.2) is 4.79 Å².